The van der Waals surface area contributed by atoms with Crippen molar-refractivity contribution in [2.75, 3.05) is 31.5 Å². The molecule has 2 N–H and O–H groups in total. The summed E-state index contributed by atoms with van der Waals surface area (Å²) in [5.41, 5.74) is 2.12. The van der Waals surface area contributed by atoms with Gasteiger partial charge in [-0.3, -0.25) is 0 Å². The minimum absolute atomic E-state index is 0.245. The van der Waals surface area contributed by atoms with E-state index in [0.717, 1.165) is 43.4 Å². The molecule has 6 heteroatoms. The molecule has 0 spiro atoms. The number of hydrogen-bond donors (Lipinski definition) is 2. The Labute approximate surface area is 152 Å². The summed E-state index contributed by atoms with van der Waals surface area (Å²) in [4.78, 5) is 3.71. The van der Waals surface area contributed by atoms with Gasteiger partial charge in [-0.05, 0) is 48.6 Å². The number of benzene rings is 2. The summed E-state index contributed by atoms with van der Waals surface area (Å²) in [6, 6.07) is 14.3. The minimum Gasteiger partial charge on any atom is -0.338 e. The van der Waals surface area contributed by atoms with Crippen LogP contribution in [0.1, 0.15) is 5.56 Å². The number of piperazine rings is 1. The van der Waals surface area contributed by atoms with Crippen LogP contribution < -0.4 is 10.2 Å². The van der Waals surface area contributed by atoms with E-state index >= 15 is 0 Å². The first-order valence-electron chi connectivity index (χ1n) is 8.00. The predicted molar refractivity (Wildman–Crippen MR) is 100 cm³/mol. The maximum absolute atomic E-state index is 12.9. The van der Waals surface area contributed by atoms with Crippen molar-refractivity contribution in [3.63, 3.8) is 0 Å². The quantitative estimate of drug-likeness (QED) is 0.817. The molecule has 0 amide bonds. The van der Waals surface area contributed by atoms with Crippen LogP contribution in [0, 0.1) is 5.82 Å². The van der Waals surface area contributed by atoms with Crippen LogP contribution >= 0.6 is 23.8 Å². The Kier molecular flexibility index (Phi) is 5.66. The van der Waals surface area contributed by atoms with Crippen LogP contribution in [0.4, 0.5) is 10.1 Å². The highest BCUT2D eigenvalue weighted by Crippen LogP contribution is 2.10. The summed E-state index contributed by atoms with van der Waals surface area (Å²) in [6.45, 7) is 4.90. The van der Waals surface area contributed by atoms with E-state index in [-0.39, 0.29) is 5.82 Å². The first kappa shape index (κ1) is 17.1. The zero-order chi connectivity index (χ0) is 16.9. The van der Waals surface area contributed by atoms with Gasteiger partial charge in [0.1, 0.15) is 12.4 Å². The number of hydrogen-bond acceptors (Lipinski definition) is 1. The Morgan fingerprint density at radius 3 is 2.33 bits per heavy atom. The lowest BCUT2D eigenvalue weighted by molar-refractivity contribution is -0.917. The van der Waals surface area contributed by atoms with E-state index < -0.39 is 0 Å². The van der Waals surface area contributed by atoms with E-state index in [1.807, 2.05) is 12.1 Å². The van der Waals surface area contributed by atoms with Crippen LogP contribution in [-0.2, 0) is 6.54 Å². The van der Waals surface area contributed by atoms with E-state index in [4.69, 9.17) is 23.8 Å². The largest absolute Gasteiger partial charge is 0.338 e. The SMILES string of the molecule is Fc1ccc(NC(=S)N2CC[NH+](Cc3ccc(Cl)cc3)CC2)cc1. The summed E-state index contributed by atoms with van der Waals surface area (Å²) in [5.74, 6) is -0.245. The maximum Gasteiger partial charge on any atom is 0.173 e. The highest BCUT2D eigenvalue weighted by atomic mass is 35.5. The molecule has 1 saturated heterocycles. The van der Waals surface area contributed by atoms with Crippen LogP contribution in [-0.4, -0.2) is 36.2 Å². The fourth-order valence-electron chi connectivity index (χ4n) is 2.83. The van der Waals surface area contributed by atoms with Crippen LogP contribution in [0.3, 0.4) is 0 Å². The van der Waals surface area contributed by atoms with Gasteiger partial charge in [-0.1, -0.05) is 23.7 Å². The molecule has 0 radical (unpaired) electrons. The lowest BCUT2D eigenvalue weighted by Gasteiger charge is -2.34. The molecule has 24 heavy (non-hydrogen) atoms. The number of nitrogens with zero attached hydrogens (tertiary/aromatic N) is 1. The Hall–Kier alpha value is -1.69. The smallest absolute Gasteiger partial charge is 0.173 e. The molecular weight excluding hydrogens is 345 g/mol. The first-order chi connectivity index (χ1) is 11.6. The third kappa shape index (κ3) is 4.66. The minimum atomic E-state index is -0.245. The third-order valence-corrected chi connectivity index (χ3v) is 4.83. The maximum atomic E-state index is 12.9. The van der Waals surface area contributed by atoms with E-state index in [1.54, 1.807) is 12.1 Å². The molecule has 0 aromatic heterocycles. The number of nitrogens with one attached hydrogen (secondary N) is 2. The zero-order valence-corrected chi connectivity index (χ0v) is 14.8. The first-order valence-corrected chi connectivity index (χ1v) is 8.78. The van der Waals surface area contributed by atoms with Gasteiger partial charge in [-0.25, -0.2) is 4.39 Å². The van der Waals surface area contributed by atoms with Crippen molar-refractivity contribution < 1.29 is 9.29 Å². The standard InChI is InChI=1S/C18H19ClFN3S/c19-15-3-1-14(2-4-15)13-22-9-11-23(12-10-22)18(24)21-17-7-5-16(20)6-8-17/h1-8H,9-13H2,(H,21,24)/p+1. The number of halogens is 2. The van der Waals surface area contributed by atoms with Gasteiger partial charge in [0.05, 0.1) is 26.2 Å². The van der Waals surface area contributed by atoms with E-state index in [2.05, 4.69) is 22.3 Å². The molecule has 0 unspecified atom stereocenters. The van der Waals surface area contributed by atoms with E-state index in [9.17, 15) is 4.39 Å². The molecular formula is C18H20ClFN3S+. The summed E-state index contributed by atoms with van der Waals surface area (Å²) in [7, 11) is 0. The van der Waals surface area contributed by atoms with Gasteiger partial charge in [0.15, 0.2) is 5.11 Å². The van der Waals surface area contributed by atoms with Crippen molar-refractivity contribution in [1.29, 1.82) is 0 Å². The van der Waals surface area contributed by atoms with E-state index in [0.29, 0.717) is 5.11 Å². The normalized spacial score (nSPS) is 15.3. The second kappa shape index (κ2) is 7.92. The Balaban J connectivity index is 1.48. The highest BCUT2D eigenvalue weighted by molar-refractivity contribution is 7.80. The second-order valence-corrected chi connectivity index (χ2v) is 6.80. The van der Waals surface area contributed by atoms with Crippen LogP contribution in [0.2, 0.25) is 5.02 Å². The van der Waals surface area contributed by atoms with Gasteiger partial charge in [0.25, 0.3) is 0 Å². The number of thiocarbonyl (C=S) groups is 1. The molecule has 2 aromatic carbocycles. The van der Waals surface area contributed by atoms with Gasteiger partial charge in [-0.15, -0.1) is 0 Å². The van der Waals surface area contributed by atoms with Crippen molar-refractivity contribution in [2.45, 2.75) is 6.54 Å². The fourth-order valence-corrected chi connectivity index (χ4v) is 3.26. The Morgan fingerprint density at radius 1 is 1.08 bits per heavy atom. The third-order valence-electron chi connectivity index (χ3n) is 4.22. The molecule has 1 fully saturated rings. The van der Waals surface area contributed by atoms with Crippen LogP contribution in [0.15, 0.2) is 48.5 Å². The number of quaternary nitrogens is 1. The van der Waals surface area contributed by atoms with Gasteiger partial charge >= 0.3 is 0 Å². The summed E-state index contributed by atoms with van der Waals surface area (Å²) in [5, 5.41) is 4.65. The average Bonchev–Trinajstić information content (AvgIpc) is 2.59. The van der Waals surface area contributed by atoms with Gasteiger partial charge in [-0.2, -0.15) is 0 Å². The van der Waals surface area contributed by atoms with Crippen molar-refractivity contribution >= 4 is 34.6 Å². The van der Waals surface area contributed by atoms with Crippen molar-refractivity contribution in [3.8, 4) is 0 Å². The molecule has 3 rings (SSSR count). The molecule has 2 aromatic rings. The average molecular weight is 365 g/mol. The molecule has 1 aliphatic rings. The van der Waals surface area contributed by atoms with Crippen molar-refractivity contribution in [2.24, 2.45) is 0 Å². The second-order valence-electron chi connectivity index (χ2n) is 5.98. The molecule has 0 bridgehead atoms. The number of rotatable bonds is 3. The monoisotopic (exact) mass is 364 g/mol. The lowest BCUT2D eigenvalue weighted by atomic mass is 10.2. The molecule has 1 heterocycles. The predicted octanol–water partition coefficient (Wildman–Crippen LogP) is 2.58. The van der Waals surface area contributed by atoms with E-state index in [1.165, 1.54) is 22.6 Å². The fraction of sp³-hybridized carbons (Fsp3) is 0.278. The van der Waals surface area contributed by atoms with Crippen molar-refractivity contribution in [3.05, 3.63) is 64.9 Å². The van der Waals surface area contributed by atoms with Gasteiger partial charge in [0.2, 0.25) is 0 Å². The Bertz CT molecular complexity index is 682. The highest BCUT2D eigenvalue weighted by Gasteiger charge is 2.21. The summed E-state index contributed by atoms with van der Waals surface area (Å²) >= 11 is 11.4. The Morgan fingerprint density at radius 2 is 1.71 bits per heavy atom. The molecule has 0 atom stereocenters. The van der Waals surface area contributed by atoms with Gasteiger partial charge in [0, 0.05) is 16.3 Å². The number of anilines is 1. The summed E-state index contributed by atoms with van der Waals surface area (Å²) < 4.78 is 12.9. The molecule has 126 valence electrons. The molecule has 0 aliphatic carbocycles. The summed E-state index contributed by atoms with van der Waals surface area (Å²) in [6.07, 6.45) is 0. The molecule has 0 saturated carbocycles. The van der Waals surface area contributed by atoms with Gasteiger partial charge < -0.3 is 15.1 Å². The zero-order valence-electron chi connectivity index (χ0n) is 13.3. The van der Waals surface area contributed by atoms with Crippen LogP contribution in [0.5, 0.6) is 0 Å². The lowest BCUT2D eigenvalue weighted by Crippen LogP contribution is -3.13. The topological polar surface area (TPSA) is 19.7 Å². The molecule has 1 aliphatic heterocycles. The van der Waals surface area contributed by atoms with Crippen molar-refractivity contribution in [1.82, 2.24) is 4.90 Å². The molecule has 3 nitrogen and oxygen atoms in total. The van der Waals surface area contributed by atoms with Crippen LogP contribution in [0.25, 0.3) is 0 Å².